The van der Waals surface area contributed by atoms with E-state index in [1.165, 1.54) is 27.8 Å². The summed E-state index contributed by atoms with van der Waals surface area (Å²) >= 11 is 0. The molecule has 0 heterocycles. The quantitative estimate of drug-likeness (QED) is 0.695. The maximum atomic E-state index is 3.85. The van der Waals surface area contributed by atoms with E-state index in [2.05, 4.69) is 62.9 Å². The molecule has 0 amide bonds. The van der Waals surface area contributed by atoms with E-state index < -0.39 is 0 Å². The third-order valence-corrected chi connectivity index (χ3v) is 3.19. The Bertz CT molecular complexity index is 518. The molecule has 17 heavy (non-hydrogen) atoms. The first kappa shape index (κ1) is 11.7. The molecule has 2 aromatic carbocycles. The highest BCUT2D eigenvalue weighted by atomic mass is 14.0. The number of rotatable bonds is 3. The molecule has 0 radical (unpaired) electrons. The molecule has 0 aromatic heterocycles. The van der Waals surface area contributed by atoms with Crippen LogP contribution in [-0.4, -0.2) is 0 Å². The van der Waals surface area contributed by atoms with E-state index in [-0.39, 0.29) is 0 Å². The van der Waals surface area contributed by atoms with Gasteiger partial charge in [-0.1, -0.05) is 56.0 Å². The highest BCUT2D eigenvalue weighted by molar-refractivity contribution is 5.68. The Hall–Kier alpha value is -1.82. The molecule has 2 rings (SSSR count). The molecular formula is C17H18. The van der Waals surface area contributed by atoms with Crippen LogP contribution in [0.25, 0.3) is 17.2 Å². The first-order valence-corrected chi connectivity index (χ1v) is 6.07. The number of hydrogen-bond donors (Lipinski definition) is 0. The average Bonchev–Trinajstić information content (AvgIpc) is 2.39. The van der Waals surface area contributed by atoms with Gasteiger partial charge in [0.2, 0.25) is 0 Å². The van der Waals surface area contributed by atoms with Crippen LogP contribution in [0.5, 0.6) is 0 Å². The van der Waals surface area contributed by atoms with E-state index in [1.54, 1.807) is 0 Å². The zero-order valence-electron chi connectivity index (χ0n) is 10.5. The molecule has 0 aliphatic carbocycles. The molecule has 0 nitrogen and oxygen atoms in total. The largest absolute Gasteiger partial charge is 0.0985 e. The van der Waals surface area contributed by atoms with Crippen molar-refractivity contribution in [3.05, 3.63) is 65.7 Å². The smallest absolute Gasteiger partial charge is 0.0178 e. The van der Waals surface area contributed by atoms with Crippen LogP contribution in [0.2, 0.25) is 0 Å². The van der Waals surface area contributed by atoms with Gasteiger partial charge in [0.05, 0.1) is 0 Å². The summed E-state index contributed by atoms with van der Waals surface area (Å²) in [6.45, 7) is 8.14. The first-order chi connectivity index (χ1) is 8.24. The van der Waals surface area contributed by atoms with Crippen molar-refractivity contribution >= 4 is 6.08 Å². The van der Waals surface area contributed by atoms with Gasteiger partial charge in [-0.15, -0.1) is 0 Å². The Balaban J connectivity index is 2.41. The molecule has 0 spiro atoms. The Morgan fingerprint density at radius 2 is 1.65 bits per heavy atom. The van der Waals surface area contributed by atoms with Crippen molar-refractivity contribution in [2.24, 2.45) is 0 Å². The molecule has 86 valence electrons. The maximum absolute atomic E-state index is 3.85. The lowest BCUT2D eigenvalue weighted by atomic mass is 9.98. The van der Waals surface area contributed by atoms with Crippen molar-refractivity contribution < 1.29 is 0 Å². The van der Waals surface area contributed by atoms with E-state index in [0.717, 1.165) is 6.42 Å². The number of aryl methyl sites for hydroxylation is 2. The molecule has 0 atom stereocenters. The molecule has 0 heteroatoms. The molecule has 0 aliphatic rings. The van der Waals surface area contributed by atoms with Crippen LogP contribution >= 0.6 is 0 Å². The topological polar surface area (TPSA) is 0 Å². The van der Waals surface area contributed by atoms with Gasteiger partial charge in [0.15, 0.2) is 0 Å². The lowest BCUT2D eigenvalue weighted by Crippen LogP contribution is -1.85. The molecule has 0 unspecified atom stereocenters. The highest BCUT2D eigenvalue weighted by Gasteiger charge is 2.00. The Labute approximate surface area is 104 Å². The second kappa shape index (κ2) is 5.01. The fourth-order valence-corrected chi connectivity index (χ4v) is 1.97. The van der Waals surface area contributed by atoms with Gasteiger partial charge in [-0.2, -0.15) is 0 Å². The summed E-state index contributed by atoms with van der Waals surface area (Å²) in [5.74, 6) is 0. The number of hydrogen-bond acceptors (Lipinski definition) is 0. The summed E-state index contributed by atoms with van der Waals surface area (Å²) in [5.41, 5.74) is 6.39. The van der Waals surface area contributed by atoms with Gasteiger partial charge in [-0.05, 0) is 47.2 Å². The second-order valence-electron chi connectivity index (χ2n) is 4.33. The third kappa shape index (κ3) is 2.47. The molecule has 0 saturated carbocycles. The van der Waals surface area contributed by atoms with Crippen molar-refractivity contribution in [3.63, 3.8) is 0 Å². The summed E-state index contributed by atoms with van der Waals surface area (Å²) in [6, 6.07) is 15.3. The average molecular weight is 222 g/mol. The Kier molecular flexibility index (Phi) is 3.43. The van der Waals surface area contributed by atoms with Gasteiger partial charge in [-0.25, -0.2) is 0 Å². The van der Waals surface area contributed by atoms with Crippen LogP contribution < -0.4 is 0 Å². The van der Waals surface area contributed by atoms with Gasteiger partial charge in [0.1, 0.15) is 0 Å². The normalized spacial score (nSPS) is 10.2. The van der Waals surface area contributed by atoms with E-state index in [1.807, 2.05) is 6.08 Å². The van der Waals surface area contributed by atoms with Crippen molar-refractivity contribution in [1.82, 2.24) is 0 Å². The monoisotopic (exact) mass is 222 g/mol. The predicted octanol–water partition coefficient (Wildman–Crippen LogP) is 4.87. The third-order valence-electron chi connectivity index (χ3n) is 3.19. The van der Waals surface area contributed by atoms with Crippen LogP contribution in [0, 0.1) is 6.92 Å². The summed E-state index contributed by atoms with van der Waals surface area (Å²) in [7, 11) is 0. The van der Waals surface area contributed by atoms with Crippen LogP contribution in [0.1, 0.15) is 23.6 Å². The molecular weight excluding hydrogens is 204 g/mol. The summed E-state index contributed by atoms with van der Waals surface area (Å²) in [4.78, 5) is 0. The van der Waals surface area contributed by atoms with Crippen molar-refractivity contribution in [1.29, 1.82) is 0 Å². The van der Waals surface area contributed by atoms with E-state index in [0.29, 0.717) is 0 Å². The Morgan fingerprint density at radius 1 is 1.00 bits per heavy atom. The summed E-state index contributed by atoms with van der Waals surface area (Å²) in [5, 5.41) is 0. The zero-order valence-corrected chi connectivity index (χ0v) is 10.5. The summed E-state index contributed by atoms with van der Waals surface area (Å²) < 4.78 is 0. The minimum Gasteiger partial charge on any atom is -0.0985 e. The minimum atomic E-state index is 1.09. The molecule has 0 fully saturated rings. The van der Waals surface area contributed by atoms with Crippen LogP contribution in [0.15, 0.2) is 49.0 Å². The molecule has 0 bridgehead atoms. The SMILES string of the molecule is C=Cc1cc(-c2ccc(CC)cc2)ccc1C. The van der Waals surface area contributed by atoms with E-state index in [4.69, 9.17) is 0 Å². The van der Waals surface area contributed by atoms with Crippen molar-refractivity contribution in [3.8, 4) is 11.1 Å². The van der Waals surface area contributed by atoms with Gasteiger partial charge in [0, 0.05) is 0 Å². The molecule has 0 aliphatic heterocycles. The number of benzene rings is 2. The van der Waals surface area contributed by atoms with E-state index >= 15 is 0 Å². The first-order valence-electron chi connectivity index (χ1n) is 6.07. The van der Waals surface area contributed by atoms with Crippen LogP contribution in [-0.2, 0) is 6.42 Å². The minimum absolute atomic E-state index is 1.09. The standard InChI is InChI=1S/C17H18/c1-4-14-7-10-16(11-8-14)17-9-6-13(3)15(5-2)12-17/h5-12H,2,4H2,1,3H3. The highest BCUT2D eigenvalue weighted by Crippen LogP contribution is 2.23. The zero-order chi connectivity index (χ0) is 12.3. The van der Waals surface area contributed by atoms with Gasteiger partial charge >= 0.3 is 0 Å². The van der Waals surface area contributed by atoms with Gasteiger partial charge < -0.3 is 0 Å². The van der Waals surface area contributed by atoms with Crippen LogP contribution in [0.4, 0.5) is 0 Å². The van der Waals surface area contributed by atoms with Crippen molar-refractivity contribution in [2.45, 2.75) is 20.3 Å². The lowest BCUT2D eigenvalue weighted by Gasteiger charge is -2.06. The lowest BCUT2D eigenvalue weighted by molar-refractivity contribution is 1.14. The van der Waals surface area contributed by atoms with E-state index in [9.17, 15) is 0 Å². The second-order valence-corrected chi connectivity index (χ2v) is 4.33. The fraction of sp³-hybridized carbons (Fsp3) is 0.176. The molecule has 2 aromatic rings. The van der Waals surface area contributed by atoms with Gasteiger partial charge in [0.25, 0.3) is 0 Å². The van der Waals surface area contributed by atoms with Crippen molar-refractivity contribution in [2.75, 3.05) is 0 Å². The molecule has 0 N–H and O–H groups in total. The summed E-state index contributed by atoms with van der Waals surface area (Å²) in [6.07, 6.45) is 3.01. The van der Waals surface area contributed by atoms with Gasteiger partial charge in [-0.3, -0.25) is 0 Å². The van der Waals surface area contributed by atoms with Crippen LogP contribution in [0.3, 0.4) is 0 Å². The maximum Gasteiger partial charge on any atom is -0.0178 e. The molecule has 0 saturated heterocycles. The fourth-order valence-electron chi connectivity index (χ4n) is 1.97. The Morgan fingerprint density at radius 3 is 2.24 bits per heavy atom. The predicted molar refractivity (Wildman–Crippen MR) is 76.1 cm³/mol.